The normalized spacial score (nSPS) is 10.8. The summed E-state index contributed by atoms with van der Waals surface area (Å²) in [5.74, 6) is 0.783. The number of hydrogen-bond donors (Lipinski definition) is 1. The SMILES string of the molecule is CCNC(=NCc1cccc([N+](=O)[O-])c1)N(C)Cc1ccsc1.I. The topological polar surface area (TPSA) is 70.8 Å². The monoisotopic (exact) mass is 460 g/mol. The van der Waals surface area contributed by atoms with Gasteiger partial charge in [-0.25, -0.2) is 4.99 Å². The van der Waals surface area contributed by atoms with Crippen molar-refractivity contribution < 1.29 is 4.92 Å². The summed E-state index contributed by atoms with van der Waals surface area (Å²) in [6.45, 7) is 3.95. The summed E-state index contributed by atoms with van der Waals surface area (Å²) in [7, 11) is 1.98. The fourth-order valence-electron chi connectivity index (χ4n) is 2.14. The quantitative estimate of drug-likeness (QED) is 0.234. The van der Waals surface area contributed by atoms with Gasteiger partial charge in [-0.1, -0.05) is 12.1 Å². The van der Waals surface area contributed by atoms with Crippen molar-refractivity contribution in [3.05, 3.63) is 62.3 Å². The third kappa shape index (κ3) is 6.08. The number of benzene rings is 1. The average molecular weight is 460 g/mol. The molecule has 0 unspecified atom stereocenters. The lowest BCUT2D eigenvalue weighted by Crippen LogP contribution is -2.38. The number of nitro groups is 1. The van der Waals surface area contributed by atoms with E-state index in [1.807, 2.05) is 24.9 Å². The number of nitro benzene ring substituents is 1. The van der Waals surface area contributed by atoms with E-state index in [9.17, 15) is 10.1 Å². The maximum Gasteiger partial charge on any atom is 0.269 e. The second-order valence-electron chi connectivity index (χ2n) is 5.08. The minimum atomic E-state index is -0.388. The van der Waals surface area contributed by atoms with Gasteiger partial charge < -0.3 is 10.2 Å². The van der Waals surface area contributed by atoms with E-state index >= 15 is 0 Å². The standard InChI is InChI=1S/C16H20N4O2S.HI/c1-3-17-16(19(2)11-14-7-8-23-12-14)18-10-13-5-4-6-15(9-13)20(21)22;/h4-9,12H,3,10-11H2,1-2H3,(H,17,18);1H. The van der Waals surface area contributed by atoms with Crippen molar-refractivity contribution in [2.75, 3.05) is 13.6 Å². The minimum absolute atomic E-state index is 0. The van der Waals surface area contributed by atoms with E-state index in [1.54, 1.807) is 23.5 Å². The first-order valence-electron chi connectivity index (χ1n) is 7.34. The summed E-state index contributed by atoms with van der Waals surface area (Å²) in [5, 5.41) is 18.2. The van der Waals surface area contributed by atoms with E-state index in [-0.39, 0.29) is 34.6 Å². The third-order valence-corrected chi connectivity index (χ3v) is 3.96. The number of rotatable bonds is 6. The molecule has 1 heterocycles. The molecule has 0 radical (unpaired) electrons. The highest BCUT2D eigenvalue weighted by Crippen LogP contribution is 2.14. The highest BCUT2D eigenvalue weighted by atomic mass is 127. The van der Waals surface area contributed by atoms with Gasteiger partial charge in [-0.05, 0) is 34.9 Å². The van der Waals surface area contributed by atoms with E-state index < -0.39 is 0 Å². The Hall–Kier alpha value is -1.68. The van der Waals surface area contributed by atoms with Crippen molar-refractivity contribution in [1.82, 2.24) is 10.2 Å². The van der Waals surface area contributed by atoms with E-state index in [0.29, 0.717) is 6.54 Å². The highest BCUT2D eigenvalue weighted by molar-refractivity contribution is 14.0. The van der Waals surface area contributed by atoms with Gasteiger partial charge in [0.2, 0.25) is 0 Å². The Labute approximate surface area is 162 Å². The molecule has 2 aromatic rings. The van der Waals surface area contributed by atoms with Crippen LogP contribution in [0.4, 0.5) is 5.69 Å². The van der Waals surface area contributed by atoms with Crippen LogP contribution in [0.25, 0.3) is 0 Å². The van der Waals surface area contributed by atoms with E-state index in [1.165, 1.54) is 11.6 Å². The number of nitrogens with zero attached hydrogens (tertiary/aromatic N) is 3. The summed E-state index contributed by atoms with van der Waals surface area (Å²) in [6.07, 6.45) is 0. The lowest BCUT2D eigenvalue weighted by Gasteiger charge is -2.21. The Morgan fingerprint density at radius 2 is 2.17 bits per heavy atom. The Bertz CT molecular complexity index is 676. The minimum Gasteiger partial charge on any atom is -0.357 e. The van der Waals surface area contributed by atoms with Crippen molar-refractivity contribution in [1.29, 1.82) is 0 Å². The van der Waals surface area contributed by atoms with E-state index in [2.05, 4.69) is 27.1 Å². The molecule has 0 aliphatic carbocycles. The number of non-ortho nitro benzene ring substituents is 1. The molecular weight excluding hydrogens is 439 g/mol. The summed E-state index contributed by atoms with van der Waals surface area (Å²) in [4.78, 5) is 17.1. The Balaban J connectivity index is 0.00000288. The van der Waals surface area contributed by atoms with Crippen LogP contribution >= 0.6 is 35.3 Å². The van der Waals surface area contributed by atoms with Crippen molar-refractivity contribution >= 4 is 47.0 Å². The summed E-state index contributed by atoms with van der Waals surface area (Å²) in [5.41, 5.74) is 2.14. The molecule has 0 saturated carbocycles. The highest BCUT2D eigenvalue weighted by Gasteiger charge is 2.08. The van der Waals surface area contributed by atoms with Crippen molar-refractivity contribution in [2.24, 2.45) is 4.99 Å². The Kier molecular flexibility index (Phi) is 8.69. The zero-order chi connectivity index (χ0) is 16.7. The first-order chi connectivity index (χ1) is 11.1. The van der Waals surface area contributed by atoms with Gasteiger partial charge >= 0.3 is 0 Å². The molecule has 0 aliphatic heterocycles. The van der Waals surface area contributed by atoms with Crippen LogP contribution in [-0.2, 0) is 13.1 Å². The zero-order valence-electron chi connectivity index (χ0n) is 13.6. The van der Waals surface area contributed by atoms with E-state index in [4.69, 9.17) is 0 Å². The number of guanidine groups is 1. The van der Waals surface area contributed by atoms with Gasteiger partial charge in [-0.3, -0.25) is 10.1 Å². The predicted molar refractivity (Wildman–Crippen MR) is 109 cm³/mol. The summed E-state index contributed by atoms with van der Waals surface area (Å²) < 4.78 is 0. The van der Waals surface area contributed by atoms with Crippen LogP contribution in [0.15, 0.2) is 46.1 Å². The van der Waals surface area contributed by atoms with Gasteiger partial charge in [0.05, 0.1) is 11.5 Å². The molecule has 2 rings (SSSR count). The molecule has 130 valence electrons. The van der Waals surface area contributed by atoms with Gasteiger partial charge in [0.15, 0.2) is 5.96 Å². The first-order valence-corrected chi connectivity index (χ1v) is 8.28. The van der Waals surface area contributed by atoms with Gasteiger partial charge in [0.1, 0.15) is 0 Å². The molecule has 0 atom stereocenters. The molecule has 0 aliphatic rings. The molecule has 1 N–H and O–H groups in total. The second-order valence-corrected chi connectivity index (χ2v) is 5.86. The molecular formula is C16H21IN4O2S. The molecule has 24 heavy (non-hydrogen) atoms. The smallest absolute Gasteiger partial charge is 0.269 e. The maximum atomic E-state index is 10.8. The van der Waals surface area contributed by atoms with Crippen LogP contribution in [-0.4, -0.2) is 29.4 Å². The fourth-order valence-corrected chi connectivity index (χ4v) is 2.80. The van der Waals surface area contributed by atoms with Crippen LogP contribution in [0, 0.1) is 10.1 Å². The summed E-state index contributed by atoms with van der Waals surface area (Å²) >= 11 is 1.67. The molecule has 6 nitrogen and oxygen atoms in total. The van der Waals surface area contributed by atoms with Gasteiger partial charge in [-0.2, -0.15) is 11.3 Å². The molecule has 1 aromatic carbocycles. The van der Waals surface area contributed by atoms with Crippen LogP contribution in [0.5, 0.6) is 0 Å². The number of thiophene rings is 1. The zero-order valence-corrected chi connectivity index (χ0v) is 16.8. The summed E-state index contributed by atoms with van der Waals surface area (Å²) in [6, 6.07) is 8.67. The molecule has 0 bridgehead atoms. The average Bonchev–Trinajstić information content (AvgIpc) is 3.04. The number of aliphatic imine (C=N–C) groups is 1. The molecule has 0 saturated heterocycles. The Morgan fingerprint density at radius 3 is 2.79 bits per heavy atom. The van der Waals surface area contributed by atoms with Gasteiger partial charge in [-0.15, -0.1) is 24.0 Å². The number of halogens is 1. The van der Waals surface area contributed by atoms with E-state index in [0.717, 1.165) is 24.6 Å². The largest absolute Gasteiger partial charge is 0.357 e. The van der Waals surface area contributed by atoms with Gasteiger partial charge in [0.25, 0.3) is 5.69 Å². The lowest BCUT2D eigenvalue weighted by molar-refractivity contribution is -0.384. The fraction of sp³-hybridized carbons (Fsp3) is 0.312. The van der Waals surface area contributed by atoms with Gasteiger partial charge in [0, 0.05) is 32.3 Å². The van der Waals surface area contributed by atoms with Crippen molar-refractivity contribution in [3.63, 3.8) is 0 Å². The van der Waals surface area contributed by atoms with Crippen molar-refractivity contribution in [3.8, 4) is 0 Å². The second kappa shape index (κ2) is 10.2. The predicted octanol–water partition coefficient (Wildman–Crippen LogP) is 3.87. The van der Waals surface area contributed by atoms with Crippen LogP contribution in [0.3, 0.4) is 0 Å². The number of nitrogens with one attached hydrogen (secondary N) is 1. The van der Waals surface area contributed by atoms with Crippen molar-refractivity contribution in [2.45, 2.75) is 20.0 Å². The number of hydrogen-bond acceptors (Lipinski definition) is 4. The molecule has 1 aromatic heterocycles. The molecule has 8 heteroatoms. The van der Waals surface area contributed by atoms with Crippen LogP contribution < -0.4 is 5.32 Å². The maximum absolute atomic E-state index is 10.8. The third-order valence-electron chi connectivity index (χ3n) is 3.23. The molecule has 0 spiro atoms. The first kappa shape index (κ1) is 20.4. The van der Waals surface area contributed by atoms with Crippen LogP contribution in [0.2, 0.25) is 0 Å². The Morgan fingerprint density at radius 1 is 1.38 bits per heavy atom. The molecule has 0 amide bonds. The lowest BCUT2D eigenvalue weighted by atomic mass is 10.2. The molecule has 0 fully saturated rings. The van der Waals surface area contributed by atoms with Crippen LogP contribution in [0.1, 0.15) is 18.1 Å².